The fraction of sp³-hybridized carbons (Fsp3) is 0. The molecule has 0 saturated carbocycles. The Morgan fingerprint density at radius 1 is 0.595 bits per heavy atom. The molecule has 2 N–H and O–H groups in total. The van der Waals surface area contributed by atoms with E-state index in [-0.39, 0.29) is 12.0 Å². The van der Waals surface area contributed by atoms with Crippen LogP contribution in [0.5, 0.6) is 0 Å². The normalized spacial score (nSPS) is 11.3. The van der Waals surface area contributed by atoms with Gasteiger partial charge < -0.3 is 4.42 Å². The molecule has 0 spiro atoms. The van der Waals surface area contributed by atoms with Crippen molar-refractivity contribution in [2.75, 3.05) is 9.44 Å². The monoisotopic (exact) mass is 703 g/mol. The van der Waals surface area contributed by atoms with Crippen LogP contribution in [0.2, 0.25) is 0 Å². The predicted molar refractivity (Wildman–Crippen MR) is 154 cm³/mol. The third-order valence-corrected chi connectivity index (χ3v) is 7.58. The van der Waals surface area contributed by atoms with Crippen LogP contribution in [0.15, 0.2) is 103 Å². The third kappa shape index (κ3) is 6.45. The van der Waals surface area contributed by atoms with Crippen LogP contribution < -0.4 is 9.44 Å². The van der Waals surface area contributed by atoms with Crippen LogP contribution in [0.1, 0.15) is 0 Å². The Bertz CT molecular complexity index is 1590. The number of aromatic nitrogens is 3. The number of anilines is 2. The lowest BCUT2D eigenvalue weighted by Crippen LogP contribution is -2.23. The predicted octanol–water partition coefficient (Wildman–Crippen LogP) is 7.52. The molecule has 186 valence electrons. The number of halogens is 3. The Hall–Kier alpha value is -3.06. The van der Waals surface area contributed by atoms with Gasteiger partial charge >= 0.3 is 16.2 Å². The van der Waals surface area contributed by atoms with Crippen LogP contribution in [0, 0.1) is 0 Å². The number of hydrogen-bond donors (Lipinski definition) is 2. The summed E-state index contributed by atoms with van der Waals surface area (Å²) in [6.45, 7) is 0. The molecule has 2 aromatic heterocycles. The van der Waals surface area contributed by atoms with Crippen LogP contribution in [0.25, 0.3) is 33.8 Å². The van der Waals surface area contributed by atoms with Gasteiger partial charge in [0.2, 0.25) is 5.95 Å². The number of nitrogens with one attached hydrogen (secondary N) is 2. The minimum atomic E-state index is -4.18. The Morgan fingerprint density at radius 2 is 1.03 bits per heavy atom. The van der Waals surface area contributed by atoms with E-state index in [1.54, 1.807) is 6.07 Å². The average molecular weight is 706 g/mol. The molecule has 12 heteroatoms. The Balaban J connectivity index is 1.44. The van der Waals surface area contributed by atoms with E-state index in [0.717, 1.165) is 30.1 Å². The quantitative estimate of drug-likeness (QED) is 0.181. The zero-order valence-corrected chi connectivity index (χ0v) is 24.3. The molecule has 0 amide bonds. The molecule has 0 fully saturated rings. The van der Waals surface area contributed by atoms with E-state index in [9.17, 15) is 8.42 Å². The molecule has 0 aliphatic carbocycles. The van der Waals surface area contributed by atoms with E-state index < -0.39 is 10.2 Å². The van der Waals surface area contributed by atoms with Gasteiger partial charge in [0, 0.05) is 30.1 Å². The molecule has 0 atom stereocenters. The first-order chi connectivity index (χ1) is 17.7. The van der Waals surface area contributed by atoms with E-state index in [1.807, 2.05) is 72.8 Å². The van der Waals surface area contributed by atoms with Crippen molar-refractivity contribution in [2.24, 2.45) is 0 Å². The van der Waals surface area contributed by atoms with Gasteiger partial charge in [0.25, 0.3) is 0 Å². The number of rotatable bonds is 7. The van der Waals surface area contributed by atoms with Gasteiger partial charge in [0.15, 0.2) is 0 Å². The van der Waals surface area contributed by atoms with Crippen molar-refractivity contribution < 1.29 is 12.8 Å². The number of nitrogens with zero attached hydrogens (tertiary/aromatic N) is 3. The smallest absolute Gasteiger partial charge is 0.327 e. The van der Waals surface area contributed by atoms with Crippen LogP contribution in [-0.2, 0) is 10.2 Å². The fourth-order valence-electron chi connectivity index (χ4n) is 3.36. The van der Waals surface area contributed by atoms with Crippen LogP contribution in [0.3, 0.4) is 0 Å². The Morgan fingerprint density at radius 3 is 1.49 bits per heavy atom. The first kappa shape index (κ1) is 25.6. The zero-order chi connectivity index (χ0) is 26.0. The molecular formula is C25H16Br3N5O3S. The summed E-state index contributed by atoms with van der Waals surface area (Å²) in [5.74, 6) is -0.106. The van der Waals surface area contributed by atoms with Gasteiger partial charge in [-0.15, -0.1) is 0 Å². The van der Waals surface area contributed by atoms with E-state index in [0.29, 0.717) is 17.1 Å². The highest BCUT2D eigenvalue weighted by atomic mass is 79.9. The summed E-state index contributed by atoms with van der Waals surface area (Å²) >= 11 is 10.2. The van der Waals surface area contributed by atoms with Gasteiger partial charge in [-0.2, -0.15) is 13.4 Å². The summed E-state index contributed by atoms with van der Waals surface area (Å²) in [6.07, 6.45) is 1.37. The second-order valence-electron chi connectivity index (χ2n) is 7.73. The lowest BCUT2D eigenvalue weighted by Gasteiger charge is -2.11. The largest absolute Gasteiger partial charge is 0.431 e. The highest BCUT2D eigenvalue weighted by Gasteiger charge is 2.18. The highest BCUT2D eigenvalue weighted by molar-refractivity contribution is 9.11. The number of oxazole rings is 1. The van der Waals surface area contributed by atoms with Crippen molar-refractivity contribution in [3.05, 3.63) is 98.5 Å². The summed E-state index contributed by atoms with van der Waals surface area (Å²) in [7, 11) is -4.18. The SMILES string of the molecule is O=S(=O)(Nc1nc(-c2ccc(Br)cc2)cc(-c2ccc(Br)cc2)n1)Nc1nc(-c2ccc(Br)cc2)co1. The Labute approximate surface area is 238 Å². The molecule has 0 unspecified atom stereocenters. The number of hydrogen-bond acceptors (Lipinski definition) is 6. The molecule has 5 rings (SSSR count). The highest BCUT2D eigenvalue weighted by Crippen LogP contribution is 2.28. The molecular weight excluding hydrogens is 690 g/mol. The van der Waals surface area contributed by atoms with E-state index in [4.69, 9.17) is 4.42 Å². The van der Waals surface area contributed by atoms with Gasteiger partial charge in [-0.05, 0) is 42.5 Å². The van der Waals surface area contributed by atoms with Crippen LogP contribution in [-0.4, -0.2) is 23.4 Å². The summed E-state index contributed by atoms with van der Waals surface area (Å²) in [5, 5.41) is 0. The van der Waals surface area contributed by atoms with Crippen LogP contribution >= 0.6 is 47.8 Å². The standard InChI is InChI=1S/C25H16Br3N5O3S/c26-18-7-1-15(2-8-18)21-13-22(16-3-9-19(27)10-4-16)30-24(29-21)32-37(34,35)33-25-31-23(14-36-25)17-5-11-20(28)12-6-17/h1-14H,(H,31,33)(H,29,30,32). The number of benzene rings is 3. The second-order valence-corrected chi connectivity index (χ2v) is 11.9. The lowest BCUT2D eigenvalue weighted by molar-refractivity contribution is 0.572. The van der Waals surface area contributed by atoms with Gasteiger partial charge in [-0.3, -0.25) is 0 Å². The molecule has 0 aliphatic heterocycles. The van der Waals surface area contributed by atoms with E-state index >= 15 is 0 Å². The summed E-state index contributed by atoms with van der Waals surface area (Å²) in [4.78, 5) is 13.1. The van der Waals surface area contributed by atoms with E-state index in [2.05, 4.69) is 72.2 Å². The maximum Gasteiger partial charge on any atom is 0.327 e. The molecule has 37 heavy (non-hydrogen) atoms. The molecule has 0 bridgehead atoms. The third-order valence-electron chi connectivity index (χ3n) is 5.10. The summed E-state index contributed by atoms with van der Waals surface area (Å²) < 4.78 is 38.6. The maximum atomic E-state index is 12.9. The van der Waals surface area contributed by atoms with Crippen LogP contribution in [0.4, 0.5) is 12.0 Å². The molecule has 0 aliphatic rings. The fourth-order valence-corrected chi connectivity index (χ4v) is 4.86. The maximum absolute atomic E-state index is 12.9. The molecule has 0 radical (unpaired) electrons. The summed E-state index contributed by atoms with van der Waals surface area (Å²) in [6, 6.07) is 24.0. The first-order valence-electron chi connectivity index (χ1n) is 10.7. The zero-order valence-electron chi connectivity index (χ0n) is 18.7. The first-order valence-corrected chi connectivity index (χ1v) is 14.5. The minimum absolute atomic E-state index is 0.106. The van der Waals surface area contributed by atoms with Gasteiger partial charge in [0.05, 0.1) is 11.4 Å². The van der Waals surface area contributed by atoms with Crippen molar-refractivity contribution >= 4 is 70.0 Å². The van der Waals surface area contributed by atoms with Crippen molar-refractivity contribution in [1.29, 1.82) is 0 Å². The Kier molecular flexibility index (Phi) is 7.43. The van der Waals surface area contributed by atoms with Gasteiger partial charge in [-0.1, -0.05) is 84.2 Å². The molecule has 0 saturated heterocycles. The lowest BCUT2D eigenvalue weighted by atomic mass is 10.1. The molecule has 5 aromatic rings. The van der Waals surface area contributed by atoms with Gasteiger partial charge in [0.1, 0.15) is 12.0 Å². The molecule has 8 nitrogen and oxygen atoms in total. The minimum Gasteiger partial charge on any atom is -0.431 e. The van der Waals surface area contributed by atoms with Crippen molar-refractivity contribution in [3.8, 4) is 33.8 Å². The van der Waals surface area contributed by atoms with Crippen molar-refractivity contribution in [1.82, 2.24) is 15.0 Å². The average Bonchev–Trinajstić information content (AvgIpc) is 3.32. The van der Waals surface area contributed by atoms with Gasteiger partial charge in [-0.25, -0.2) is 19.4 Å². The molecule has 2 heterocycles. The topological polar surface area (TPSA) is 110 Å². The van der Waals surface area contributed by atoms with Crippen molar-refractivity contribution in [3.63, 3.8) is 0 Å². The summed E-state index contributed by atoms with van der Waals surface area (Å²) in [5.41, 5.74) is 3.94. The van der Waals surface area contributed by atoms with Crippen molar-refractivity contribution in [2.45, 2.75) is 0 Å². The second kappa shape index (κ2) is 10.7. The van der Waals surface area contributed by atoms with E-state index in [1.165, 1.54) is 6.26 Å². The molecule has 3 aromatic carbocycles.